The van der Waals surface area contributed by atoms with Gasteiger partial charge in [-0.15, -0.1) is 0 Å². The van der Waals surface area contributed by atoms with Gasteiger partial charge in [0.25, 0.3) is 0 Å². The zero-order valence-electron chi connectivity index (χ0n) is 12.6. The van der Waals surface area contributed by atoms with Crippen molar-refractivity contribution < 1.29 is 9.90 Å². The molecule has 1 unspecified atom stereocenters. The summed E-state index contributed by atoms with van der Waals surface area (Å²) in [6, 6.07) is 8.85. The smallest absolute Gasteiger partial charge is 0.319 e. The fourth-order valence-electron chi connectivity index (χ4n) is 2.17. The Labute approximate surface area is 126 Å². The van der Waals surface area contributed by atoms with E-state index in [1.165, 1.54) is 0 Å². The van der Waals surface area contributed by atoms with Crippen molar-refractivity contribution in [1.29, 1.82) is 5.26 Å². The number of nitrogens with one attached hydrogen (secondary N) is 2. The minimum Gasteiger partial charge on any atom is -0.391 e. The summed E-state index contributed by atoms with van der Waals surface area (Å²) in [6.45, 7) is 4.30. The van der Waals surface area contributed by atoms with Crippen LogP contribution in [-0.2, 0) is 6.42 Å². The number of urea groups is 1. The molecule has 21 heavy (non-hydrogen) atoms. The van der Waals surface area contributed by atoms with E-state index >= 15 is 0 Å². The summed E-state index contributed by atoms with van der Waals surface area (Å²) < 4.78 is 0. The quantitative estimate of drug-likeness (QED) is 0.721. The largest absolute Gasteiger partial charge is 0.391 e. The van der Waals surface area contributed by atoms with E-state index in [2.05, 4.69) is 16.7 Å². The maximum Gasteiger partial charge on any atom is 0.319 e. The van der Waals surface area contributed by atoms with Crippen molar-refractivity contribution in [2.24, 2.45) is 5.92 Å². The van der Waals surface area contributed by atoms with Crippen LogP contribution in [0.5, 0.6) is 0 Å². The van der Waals surface area contributed by atoms with Gasteiger partial charge >= 0.3 is 6.03 Å². The van der Waals surface area contributed by atoms with Gasteiger partial charge in [-0.2, -0.15) is 5.26 Å². The fraction of sp³-hybridized carbons (Fsp3) is 0.500. The number of benzene rings is 1. The van der Waals surface area contributed by atoms with E-state index in [4.69, 9.17) is 5.26 Å². The number of anilines is 1. The van der Waals surface area contributed by atoms with Crippen LogP contribution in [0.4, 0.5) is 10.5 Å². The number of carbonyl (C=O) groups excluding carboxylic acids is 1. The predicted octanol–water partition coefficient (Wildman–Crippen LogP) is 2.67. The van der Waals surface area contributed by atoms with E-state index in [0.29, 0.717) is 12.1 Å². The van der Waals surface area contributed by atoms with Crippen LogP contribution in [0.3, 0.4) is 0 Å². The van der Waals surface area contributed by atoms with Gasteiger partial charge in [0.1, 0.15) is 0 Å². The van der Waals surface area contributed by atoms with Crippen molar-refractivity contribution in [1.82, 2.24) is 5.32 Å². The Morgan fingerprint density at radius 1 is 1.29 bits per heavy atom. The second-order valence-electron chi connectivity index (χ2n) is 5.01. The number of nitriles is 1. The number of aliphatic hydroxyl groups excluding tert-OH is 1. The third kappa shape index (κ3) is 5.84. The molecule has 0 saturated carbocycles. The number of rotatable bonds is 7. The Morgan fingerprint density at radius 3 is 2.43 bits per heavy atom. The zero-order chi connectivity index (χ0) is 15.7. The molecule has 0 heterocycles. The number of carbonyl (C=O) groups is 1. The predicted molar refractivity (Wildman–Crippen MR) is 82.9 cm³/mol. The van der Waals surface area contributed by atoms with E-state index < -0.39 is 6.10 Å². The monoisotopic (exact) mass is 289 g/mol. The molecule has 5 nitrogen and oxygen atoms in total. The zero-order valence-corrected chi connectivity index (χ0v) is 12.6. The minimum atomic E-state index is -0.524. The van der Waals surface area contributed by atoms with Crippen LogP contribution >= 0.6 is 0 Å². The van der Waals surface area contributed by atoms with Crippen LogP contribution in [-0.4, -0.2) is 23.8 Å². The Kier molecular flexibility index (Phi) is 7.27. The van der Waals surface area contributed by atoms with Crippen molar-refractivity contribution in [3.8, 4) is 6.07 Å². The summed E-state index contributed by atoms with van der Waals surface area (Å²) in [5, 5.41) is 23.9. The molecular weight excluding hydrogens is 266 g/mol. The molecule has 2 amide bonds. The molecule has 1 aromatic carbocycles. The normalized spacial score (nSPS) is 11.8. The average molecular weight is 289 g/mol. The number of aliphatic hydroxyl groups is 1. The average Bonchev–Trinajstić information content (AvgIpc) is 2.49. The van der Waals surface area contributed by atoms with Gasteiger partial charge in [-0.1, -0.05) is 38.8 Å². The molecule has 0 radical (unpaired) electrons. The van der Waals surface area contributed by atoms with E-state index in [-0.39, 0.29) is 18.5 Å². The minimum absolute atomic E-state index is 0.204. The molecule has 0 saturated heterocycles. The summed E-state index contributed by atoms with van der Waals surface area (Å²) in [6.07, 6.45) is 1.61. The summed E-state index contributed by atoms with van der Waals surface area (Å²) in [4.78, 5) is 11.7. The maximum absolute atomic E-state index is 11.7. The first kappa shape index (κ1) is 17.0. The van der Waals surface area contributed by atoms with Gasteiger partial charge in [0.2, 0.25) is 0 Å². The molecule has 0 aliphatic heterocycles. The van der Waals surface area contributed by atoms with Gasteiger partial charge in [0.15, 0.2) is 0 Å². The summed E-state index contributed by atoms with van der Waals surface area (Å²) in [5.41, 5.74) is 1.57. The van der Waals surface area contributed by atoms with Gasteiger partial charge in [-0.25, -0.2) is 4.79 Å². The van der Waals surface area contributed by atoms with Gasteiger partial charge in [-0.3, -0.25) is 0 Å². The van der Waals surface area contributed by atoms with Crippen LogP contribution < -0.4 is 10.6 Å². The Morgan fingerprint density at radius 2 is 1.90 bits per heavy atom. The van der Waals surface area contributed by atoms with Crippen LogP contribution in [0.1, 0.15) is 32.3 Å². The Hall–Kier alpha value is -2.06. The van der Waals surface area contributed by atoms with E-state index in [0.717, 1.165) is 18.4 Å². The van der Waals surface area contributed by atoms with Crippen molar-refractivity contribution in [3.05, 3.63) is 29.8 Å². The third-order valence-corrected chi connectivity index (χ3v) is 3.56. The highest BCUT2D eigenvalue weighted by Crippen LogP contribution is 2.12. The molecule has 1 atom stereocenters. The van der Waals surface area contributed by atoms with Crippen LogP contribution in [0.2, 0.25) is 0 Å². The highest BCUT2D eigenvalue weighted by atomic mass is 16.3. The molecule has 5 heteroatoms. The summed E-state index contributed by atoms with van der Waals surface area (Å²) in [5.74, 6) is 0.204. The van der Waals surface area contributed by atoms with Crippen LogP contribution in [0.15, 0.2) is 24.3 Å². The highest BCUT2D eigenvalue weighted by molar-refractivity contribution is 5.89. The van der Waals surface area contributed by atoms with Gasteiger partial charge < -0.3 is 15.7 Å². The van der Waals surface area contributed by atoms with Gasteiger partial charge in [0, 0.05) is 12.2 Å². The van der Waals surface area contributed by atoms with Crippen molar-refractivity contribution >= 4 is 11.7 Å². The lowest BCUT2D eigenvalue weighted by Gasteiger charge is -2.20. The second kappa shape index (κ2) is 8.98. The maximum atomic E-state index is 11.7. The number of hydrogen-bond acceptors (Lipinski definition) is 3. The molecule has 0 aliphatic rings. The summed E-state index contributed by atoms with van der Waals surface area (Å²) in [7, 11) is 0. The lowest BCUT2D eigenvalue weighted by atomic mass is 9.97. The topological polar surface area (TPSA) is 85.2 Å². The molecule has 1 rings (SSSR count). The number of amides is 2. The lowest BCUT2D eigenvalue weighted by Crippen LogP contribution is -2.38. The fourth-order valence-corrected chi connectivity index (χ4v) is 2.17. The Balaban J connectivity index is 2.41. The second-order valence-corrected chi connectivity index (χ2v) is 5.01. The van der Waals surface area contributed by atoms with Crippen molar-refractivity contribution in [2.75, 3.05) is 11.9 Å². The highest BCUT2D eigenvalue weighted by Gasteiger charge is 2.16. The molecule has 114 valence electrons. The van der Waals surface area contributed by atoms with Crippen molar-refractivity contribution in [3.63, 3.8) is 0 Å². The van der Waals surface area contributed by atoms with Crippen molar-refractivity contribution in [2.45, 2.75) is 39.2 Å². The lowest BCUT2D eigenvalue weighted by molar-refractivity contribution is 0.104. The first-order valence-corrected chi connectivity index (χ1v) is 7.29. The van der Waals surface area contributed by atoms with Gasteiger partial charge in [-0.05, 0) is 23.6 Å². The molecule has 0 aliphatic carbocycles. The van der Waals surface area contributed by atoms with E-state index in [1.807, 2.05) is 13.8 Å². The molecular formula is C16H23N3O2. The van der Waals surface area contributed by atoms with E-state index in [1.54, 1.807) is 24.3 Å². The number of nitrogens with zero attached hydrogens (tertiary/aromatic N) is 1. The van der Waals surface area contributed by atoms with Gasteiger partial charge in [0.05, 0.1) is 18.6 Å². The third-order valence-electron chi connectivity index (χ3n) is 3.56. The molecule has 0 aromatic heterocycles. The molecule has 0 fully saturated rings. The van der Waals surface area contributed by atoms with Crippen LogP contribution in [0, 0.1) is 17.2 Å². The summed E-state index contributed by atoms with van der Waals surface area (Å²) >= 11 is 0. The Bertz CT molecular complexity index is 475. The molecule has 1 aromatic rings. The van der Waals surface area contributed by atoms with Crippen LogP contribution in [0.25, 0.3) is 0 Å². The van der Waals surface area contributed by atoms with E-state index in [9.17, 15) is 9.90 Å². The molecule has 0 bridgehead atoms. The first-order valence-electron chi connectivity index (χ1n) is 7.29. The standard InChI is InChI=1S/C16H23N3O2/c1-3-13(4-2)15(20)11-18-16(21)19-14-7-5-12(6-8-14)9-10-17/h5-8,13,15,20H,3-4,9,11H2,1-2H3,(H2,18,19,21). The molecule has 0 spiro atoms. The molecule has 3 N–H and O–H groups in total. The number of hydrogen-bond donors (Lipinski definition) is 3. The first-order chi connectivity index (χ1) is 10.1. The SMILES string of the molecule is CCC(CC)C(O)CNC(=O)Nc1ccc(CC#N)cc1.